The molecule has 0 fully saturated rings. The second-order valence-electron chi connectivity index (χ2n) is 3.55. The van der Waals surface area contributed by atoms with Crippen molar-refractivity contribution >= 4 is 6.29 Å². The van der Waals surface area contributed by atoms with Crippen LogP contribution in [0.3, 0.4) is 0 Å². The number of carbonyl (C=O) groups is 1. The highest BCUT2D eigenvalue weighted by atomic mass is 16.3. The van der Waals surface area contributed by atoms with Gasteiger partial charge in [-0.15, -0.1) is 0 Å². The number of hydrogen-bond donors (Lipinski definition) is 1. The standard InChI is InChI=1S/C11H14O2/c1-7(2)9-4-8(3)11(13)10(5-9)6-12/h4-7,13H,1-3H3. The summed E-state index contributed by atoms with van der Waals surface area (Å²) < 4.78 is 0. The van der Waals surface area contributed by atoms with Gasteiger partial charge < -0.3 is 5.11 Å². The van der Waals surface area contributed by atoms with Crippen LogP contribution in [0.4, 0.5) is 0 Å². The number of hydrogen-bond acceptors (Lipinski definition) is 2. The van der Waals surface area contributed by atoms with E-state index in [-0.39, 0.29) is 5.75 Å². The molecule has 0 spiro atoms. The number of benzene rings is 1. The molecule has 0 unspecified atom stereocenters. The quantitative estimate of drug-likeness (QED) is 0.707. The SMILES string of the molecule is Cc1cc(C(C)C)cc(C=O)c1O. The van der Waals surface area contributed by atoms with Crippen LogP contribution in [0, 0.1) is 6.92 Å². The fraction of sp³-hybridized carbons (Fsp3) is 0.364. The number of phenolic OH excluding ortho intramolecular Hbond substituents is 1. The molecule has 0 radical (unpaired) electrons. The zero-order chi connectivity index (χ0) is 10.0. The Morgan fingerprint density at radius 1 is 1.38 bits per heavy atom. The summed E-state index contributed by atoms with van der Waals surface area (Å²) in [5.74, 6) is 0.470. The molecule has 1 aromatic carbocycles. The average molecular weight is 178 g/mol. The number of carbonyl (C=O) groups excluding carboxylic acids is 1. The lowest BCUT2D eigenvalue weighted by Crippen LogP contribution is -1.93. The minimum atomic E-state index is 0.0967. The molecule has 0 heterocycles. The van der Waals surface area contributed by atoms with Gasteiger partial charge >= 0.3 is 0 Å². The van der Waals surface area contributed by atoms with Gasteiger partial charge in [-0.25, -0.2) is 0 Å². The maximum Gasteiger partial charge on any atom is 0.153 e. The Balaban J connectivity index is 3.30. The van der Waals surface area contributed by atoms with Crippen molar-refractivity contribution in [2.24, 2.45) is 0 Å². The number of rotatable bonds is 2. The third kappa shape index (κ3) is 1.89. The summed E-state index contributed by atoms with van der Waals surface area (Å²) in [6, 6.07) is 3.65. The molecule has 0 saturated heterocycles. The van der Waals surface area contributed by atoms with E-state index in [1.54, 1.807) is 13.0 Å². The highest BCUT2D eigenvalue weighted by molar-refractivity contribution is 5.80. The minimum Gasteiger partial charge on any atom is -0.507 e. The van der Waals surface area contributed by atoms with E-state index in [1.807, 2.05) is 6.07 Å². The van der Waals surface area contributed by atoms with Crippen molar-refractivity contribution < 1.29 is 9.90 Å². The van der Waals surface area contributed by atoms with Gasteiger partial charge in [0.15, 0.2) is 6.29 Å². The van der Waals surface area contributed by atoms with Gasteiger partial charge in [-0.05, 0) is 30.0 Å². The summed E-state index contributed by atoms with van der Waals surface area (Å²) >= 11 is 0. The summed E-state index contributed by atoms with van der Waals surface area (Å²) in [5.41, 5.74) is 2.22. The van der Waals surface area contributed by atoms with Crippen molar-refractivity contribution in [2.75, 3.05) is 0 Å². The van der Waals surface area contributed by atoms with Crippen LogP contribution in [0.15, 0.2) is 12.1 Å². The van der Waals surface area contributed by atoms with Gasteiger partial charge in [-0.1, -0.05) is 19.9 Å². The van der Waals surface area contributed by atoms with E-state index in [9.17, 15) is 9.90 Å². The molecular weight excluding hydrogens is 164 g/mol. The Morgan fingerprint density at radius 3 is 2.46 bits per heavy atom. The monoisotopic (exact) mass is 178 g/mol. The fourth-order valence-corrected chi connectivity index (χ4v) is 1.26. The lowest BCUT2D eigenvalue weighted by atomic mass is 9.98. The number of aryl methyl sites for hydroxylation is 1. The minimum absolute atomic E-state index is 0.0967. The van der Waals surface area contributed by atoms with E-state index in [2.05, 4.69) is 13.8 Å². The summed E-state index contributed by atoms with van der Waals surface area (Å²) in [6.07, 6.45) is 0.689. The van der Waals surface area contributed by atoms with Gasteiger partial charge in [-0.2, -0.15) is 0 Å². The van der Waals surface area contributed by atoms with Crippen LogP contribution in [0.5, 0.6) is 5.75 Å². The van der Waals surface area contributed by atoms with Crippen molar-refractivity contribution in [3.05, 3.63) is 28.8 Å². The molecule has 0 aromatic heterocycles. The van der Waals surface area contributed by atoms with Crippen LogP contribution in [0.1, 0.15) is 41.3 Å². The smallest absolute Gasteiger partial charge is 0.153 e. The molecular formula is C11H14O2. The third-order valence-corrected chi connectivity index (χ3v) is 2.15. The van der Waals surface area contributed by atoms with Crippen LogP contribution in [0.25, 0.3) is 0 Å². The summed E-state index contributed by atoms with van der Waals surface area (Å²) in [4.78, 5) is 10.6. The van der Waals surface area contributed by atoms with Gasteiger partial charge in [0.25, 0.3) is 0 Å². The molecule has 2 nitrogen and oxygen atoms in total. The normalized spacial score (nSPS) is 10.5. The molecule has 0 saturated carbocycles. The first kappa shape index (κ1) is 9.78. The lowest BCUT2D eigenvalue weighted by Gasteiger charge is -2.09. The fourth-order valence-electron chi connectivity index (χ4n) is 1.26. The van der Waals surface area contributed by atoms with E-state index >= 15 is 0 Å². The molecule has 1 aromatic rings. The van der Waals surface area contributed by atoms with Gasteiger partial charge in [-0.3, -0.25) is 4.79 Å². The van der Waals surface area contributed by atoms with Crippen molar-refractivity contribution in [1.29, 1.82) is 0 Å². The molecule has 0 aliphatic rings. The Bertz CT molecular complexity index is 327. The molecule has 1 N–H and O–H groups in total. The maximum absolute atomic E-state index is 10.6. The van der Waals surface area contributed by atoms with Crippen molar-refractivity contribution in [3.8, 4) is 5.75 Å². The summed E-state index contributed by atoms with van der Waals surface area (Å²) in [6.45, 7) is 5.91. The summed E-state index contributed by atoms with van der Waals surface area (Å²) in [7, 11) is 0. The van der Waals surface area contributed by atoms with E-state index in [4.69, 9.17) is 0 Å². The van der Waals surface area contributed by atoms with Gasteiger partial charge in [0, 0.05) is 0 Å². The van der Waals surface area contributed by atoms with Crippen molar-refractivity contribution in [1.82, 2.24) is 0 Å². The topological polar surface area (TPSA) is 37.3 Å². The van der Waals surface area contributed by atoms with Crippen LogP contribution in [0.2, 0.25) is 0 Å². The average Bonchev–Trinajstić information content (AvgIpc) is 2.09. The van der Waals surface area contributed by atoms with E-state index in [1.165, 1.54) is 0 Å². The van der Waals surface area contributed by atoms with E-state index in [0.717, 1.165) is 11.1 Å². The highest BCUT2D eigenvalue weighted by Crippen LogP contribution is 2.26. The molecule has 0 bridgehead atoms. The van der Waals surface area contributed by atoms with Gasteiger partial charge in [0.1, 0.15) is 5.75 Å². The molecule has 1 rings (SSSR count). The molecule has 0 amide bonds. The van der Waals surface area contributed by atoms with E-state index in [0.29, 0.717) is 17.8 Å². The zero-order valence-electron chi connectivity index (χ0n) is 8.16. The lowest BCUT2D eigenvalue weighted by molar-refractivity contribution is 0.112. The summed E-state index contributed by atoms with van der Waals surface area (Å²) in [5, 5.41) is 9.47. The van der Waals surface area contributed by atoms with Crippen molar-refractivity contribution in [3.63, 3.8) is 0 Å². The zero-order valence-corrected chi connectivity index (χ0v) is 8.16. The number of phenols is 1. The maximum atomic E-state index is 10.6. The predicted molar refractivity (Wildman–Crippen MR) is 52.3 cm³/mol. The Kier molecular flexibility index (Phi) is 2.71. The second-order valence-corrected chi connectivity index (χ2v) is 3.55. The number of aldehydes is 1. The van der Waals surface area contributed by atoms with Gasteiger partial charge in [0.05, 0.1) is 5.56 Å². The van der Waals surface area contributed by atoms with Crippen molar-refractivity contribution in [2.45, 2.75) is 26.7 Å². The second kappa shape index (κ2) is 3.60. The largest absolute Gasteiger partial charge is 0.507 e. The van der Waals surface area contributed by atoms with Crippen LogP contribution < -0.4 is 0 Å². The Hall–Kier alpha value is -1.31. The first-order valence-corrected chi connectivity index (χ1v) is 4.35. The molecule has 0 atom stereocenters. The van der Waals surface area contributed by atoms with Crippen LogP contribution >= 0.6 is 0 Å². The van der Waals surface area contributed by atoms with Crippen LogP contribution in [-0.4, -0.2) is 11.4 Å². The van der Waals surface area contributed by atoms with Gasteiger partial charge in [0.2, 0.25) is 0 Å². The predicted octanol–water partition coefficient (Wildman–Crippen LogP) is 2.64. The first-order chi connectivity index (χ1) is 6.06. The first-order valence-electron chi connectivity index (χ1n) is 4.35. The van der Waals surface area contributed by atoms with E-state index < -0.39 is 0 Å². The molecule has 13 heavy (non-hydrogen) atoms. The Morgan fingerprint density at radius 2 is 2.00 bits per heavy atom. The molecule has 0 aliphatic heterocycles. The molecule has 2 heteroatoms. The molecule has 70 valence electrons. The number of aromatic hydroxyl groups is 1. The van der Waals surface area contributed by atoms with Crippen LogP contribution in [-0.2, 0) is 0 Å². The Labute approximate surface area is 78.2 Å². The molecule has 0 aliphatic carbocycles. The third-order valence-electron chi connectivity index (χ3n) is 2.15. The highest BCUT2D eigenvalue weighted by Gasteiger charge is 2.07.